The fourth-order valence-electron chi connectivity index (χ4n) is 0.943. The molecule has 0 bridgehead atoms. The van der Waals surface area contributed by atoms with Crippen LogP contribution >= 0.6 is 0 Å². The molecular formula is C6H5N3Ra. The summed E-state index contributed by atoms with van der Waals surface area (Å²) in [6.45, 7) is 0. The Kier molecular flexibility index (Phi) is 1.77. The zero-order valence-electron chi connectivity index (χ0n) is 5.65. The normalized spacial score (nSPS) is 10.3. The van der Waals surface area contributed by atoms with Crippen molar-refractivity contribution in [3.63, 3.8) is 0 Å². The Hall–Kier alpha value is 0.0875. The van der Waals surface area contributed by atoms with E-state index in [4.69, 9.17) is 0 Å². The third-order valence-corrected chi connectivity index (χ3v) is 3.09. The van der Waals surface area contributed by atoms with Crippen LogP contribution in [0, 0.1) is 42.8 Å². The summed E-state index contributed by atoms with van der Waals surface area (Å²) in [5, 5.41) is 4.22. The molecule has 0 amide bonds. The summed E-state index contributed by atoms with van der Waals surface area (Å²) in [5.74, 6) is 0. The molecule has 0 atom stereocenters. The predicted octanol–water partition coefficient (Wildman–Crippen LogP) is -0.364. The number of nitrogens with zero attached hydrogens (tertiary/aromatic N) is 3. The van der Waals surface area contributed by atoms with E-state index >= 15 is 0 Å². The summed E-state index contributed by atoms with van der Waals surface area (Å²) in [6.07, 6.45) is 1.92. The first-order chi connectivity index (χ1) is 4.86. The Labute approximate surface area is 87.2 Å². The van der Waals surface area contributed by atoms with E-state index in [1.54, 1.807) is 0 Å². The first kappa shape index (κ1) is 6.78. The van der Waals surface area contributed by atoms with E-state index in [1.807, 2.05) is 28.9 Å². The van der Waals surface area contributed by atoms with Crippen LogP contribution in [-0.4, -0.2) is 14.6 Å². The van der Waals surface area contributed by atoms with Crippen molar-refractivity contribution in [2.75, 3.05) is 0 Å². The molecule has 0 aliphatic carbocycles. The van der Waals surface area contributed by atoms with Crippen LogP contribution in [0.1, 0.15) is 0 Å². The third kappa shape index (κ3) is 1.12. The van der Waals surface area contributed by atoms with Crippen molar-refractivity contribution in [2.24, 2.45) is 0 Å². The second kappa shape index (κ2) is 2.61. The van der Waals surface area contributed by atoms with Gasteiger partial charge in [-0.1, -0.05) is 0 Å². The Bertz CT molecular complexity index is 322. The SMILES string of the molecule is [RaH][c]1nc2ccccn2n1. The van der Waals surface area contributed by atoms with Gasteiger partial charge in [0.15, 0.2) is 0 Å². The van der Waals surface area contributed by atoms with Crippen LogP contribution in [0.3, 0.4) is 0 Å². The number of fused-ring (bicyclic) bond motifs is 1. The Balaban J connectivity index is 2.88. The third-order valence-electron chi connectivity index (χ3n) is 1.35. The minimum atomic E-state index is 0.291. The van der Waals surface area contributed by atoms with Gasteiger partial charge in [0, 0.05) is 0 Å². The number of pyridine rings is 1. The molecule has 2 aromatic rings. The van der Waals surface area contributed by atoms with Crippen molar-refractivity contribution in [3.8, 4) is 0 Å². The van der Waals surface area contributed by atoms with Gasteiger partial charge in [-0.3, -0.25) is 0 Å². The van der Waals surface area contributed by atoms with Gasteiger partial charge >= 0.3 is 88.3 Å². The van der Waals surface area contributed by atoms with Crippen molar-refractivity contribution in [2.45, 2.75) is 0 Å². The molecule has 0 saturated carbocycles. The molecule has 46 valence electrons. The van der Waals surface area contributed by atoms with Crippen LogP contribution in [0.15, 0.2) is 24.4 Å². The average molecular weight is 345 g/mol. The fraction of sp³-hybridized carbons (Fsp3) is 0. The standard InChI is InChI=1S/C6H4N3.Ra.H/c1-2-4-9-6(3-1)7-5-8-9;;/h1-4H;;. The molecule has 0 fully saturated rings. The van der Waals surface area contributed by atoms with Crippen LogP contribution in [0.2, 0.25) is 0 Å². The van der Waals surface area contributed by atoms with Crippen LogP contribution in [0.4, 0.5) is 0 Å². The van der Waals surface area contributed by atoms with Gasteiger partial charge in [0.1, 0.15) is 0 Å². The first-order valence-corrected chi connectivity index (χ1v) is 7.25. The Morgan fingerprint density at radius 3 is 3.10 bits per heavy atom. The molecule has 0 radical (unpaired) electrons. The molecule has 3 nitrogen and oxygen atoms in total. The second-order valence-electron chi connectivity index (χ2n) is 2.16. The van der Waals surface area contributed by atoms with Gasteiger partial charge < -0.3 is 0 Å². The van der Waals surface area contributed by atoms with Gasteiger partial charge in [0.05, 0.1) is 0 Å². The van der Waals surface area contributed by atoms with Crippen LogP contribution in [0.5, 0.6) is 0 Å². The van der Waals surface area contributed by atoms with Gasteiger partial charge in [-0.15, -0.1) is 0 Å². The van der Waals surface area contributed by atoms with E-state index in [9.17, 15) is 0 Å². The molecule has 10 heavy (non-hydrogen) atoms. The molecule has 0 aliphatic heterocycles. The molecule has 0 N–H and O–H groups in total. The summed E-state index contributed by atoms with van der Waals surface area (Å²) in [6, 6.07) is 5.90. The quantitative estimate of drug-likeness (QED) is 0.653. The Morgan fingerprint density at radius 2 is 2.30 bits per heavy atom. The molecule has 2 heterocycles. The average Bonchev–Trinajstić information content (AvgIpc) is 2.27. The van der Waals surface area contributed by atoms with E-state index < -0.39 is 0 Å². The van der Waals surface area contributed by atoms with Crippen molar-refractivity contribution >= 4 is 6.51 Å². The Morgan fingerprint density at radius 1 is 1.40 bits per heavy atom. The molecule has 2 rings (SSSR count). The van der Waals surface area contributed by atoms with E-state index in [1.165, 1.54) is 0 Å². The van der Waals surface area contributed by atoms with Crippen molar-refractivity contribution < 1.29 is 42.8 Å². The number of hydrogen-bond donors (Lipinski definition) is 0. The van der Waals surface area contributed by atoms with E-state index in [0.717, 1.165) is 6.51 Å². The predicted molar refractivity (Wildman–Crippen MR) is 34.0 cm³/mol. The molecule has 0 spiro atoms. The zero-order chi connectivity index (χ0) is 6.97. The van der Waals surface area contributed by atoms with Gasteiger partial charge in [-0.25, -0.2) is 0 Å². The second-order valence-corrected chi connectivity index (χ2v) is 5.84. The van der Waals surface area contributed by atoms with Crippen molar-refractivity contribution in [1.29, 1.82) is 0 Å². The topological polar surface area (TPSA) is 30.2 Å². The van der Waals surface area contributed by atoms with Crippen LogP contribution < -0.4 is 0.865 Å². The van der Waals surface area contributed by atoms with Gasteiger partial charge in [0.25, 0.3) is 0 Å². The summed E-state index contributed by atoms with van der Waals surface area (Å²) in [4.78, 5) is 4.27. The monoisotopic (exact) mass is 345 g/mol. The summed E-state index contributed by atoms with van der Waals surface area (Å²) >= 11 is 0.291. The van der Waals surface area contributed by atoms with E-state index in [2.05, 4.69) is 10.1 Å². The molecule has 0 saturated heterocycles. The molecule has 0 aromatic carbocycles. The van der Waals surface area contributed by atoms with Crippen LogP contribution in [0.25, 0.3) is 5.65 Å². The van der Waals surface area contributed by atoms with Crippen molar-refractivity contribution in [1.82, 2.24) is 14.6 Å². The van der Waals surface area contributed by atoms with Gasteiger partial charge in [-0.05, 0) is 0 Å². The molecule has 2 aromatic heterocycles. The number of aromatic nitrogens is 3. The fourth-order valence-corrected chi connectivity index (χ4v) is 2.77. The van der Waals surface area contributed by atoms with E-state index in [-0.39, 0.29) is 0 Å². The molecule has 4 heteroatoms. The first-order valence-electron chi connectivity index (χ1n) is 3.14. The maximum atomic E-state index is 4.27. The molecular weight excluding hydrogens is 340 g/mol. The summed E-state index contributed by atoms with van der Waals surface area (Å²) in [5.41, 5.74) is 0.960. The minimum absolute atomic E-state index is 0.291. The zero-order valence-corrected chi connectivity index (χ0v) is 13.9. The maximum absolute atomic E-state index is 4.27. The summed E-state index contributed by atoms with van der Waals surface area (Å²) in [7, 11) is 0. The van der Waals surface area contributed by atoms with Gasteiger partial charge in [-0.2, -0.15) is 0 Å². The van der Waals surface area contributed by atoms with E-state index in [0.29, 0.717) is 42.8 Å². The van der Waals surface area contributed by atoms with Crippen molar-refractivity contribution in [3.05, 3.63) is 24.4 Å². The number of rotatable bonds is 0. The molecule has 0 aliphatic rings. The van der Waals surface area contributed by atoms with Gasteiger partial charge in [0.2, 0.25) is 0 Å². The van der Waals surface area contributed by atoms with Crippen LogP contribution in [-0.2, 0) is 0 Å². The molecule has 0 unspecified atom stereocenters. The summed E-state index contributed by atoms with van der Waals surface area (Å²) < 4.78 is 2.86. The number of hydrogen-bond acceptors (Lipinski definition) is 2.